The number of rotatable bonds is 2. The Bertz CT molecular complexity index is 318. The van der Waals surface area contributed by atoms with Crippen LogP contribution in [0.1, 0.15) is 5.56 Å². The first kappa shape index (κ1) is 9.00. The van der Waals surface area contributed by atoms with Crippen molar-refractivity contribution in [2.75, 3.05) is 0 Å². The number of carboxylic acid groups (broad SMARTS) is 1. The van der Waals surface area contributed by atoms with Crippen molar-refractivity contribution in [1.29, 1.82) is 0 Å². The SMILES string of the molecule is O=C(O)/C=C/c1cc[c]cc1Br. The molecule has 0 aliphatic heterocycles. The molecule has 12 heavy (non-hydrogen) atoms. The average molecular weight is 226 g/mol. The van der Waals surface area contributed by atoms with Crippen molar-refractivity contribution < 1.29 is 9.90 Å². The van der Waals surface area contributed by atoms with Crippen molar-refractivity contribution in [3.05, 3.63) is 40.4 Å². The van der Waals surface area contributed by atoms with Crippen molar-refractivity contribution in [2.45, 2.75) is 0 Å². The molecule has 0 atom stereocenters. The van der Waals surface area contributed by atoms with E-state index in [1.165, 1.54) is 6.08 Å². The molecule has 1 rings (SSSR count). The maximum atomic E-state index is 10.2. The Morgan fingerprint density at radius 1 is 1.67 bits per heavy atom. The zero-order chi connectivity index (χ0) is 8.97. The van der Waals surface area contributed by atoms with Gasteiger partial charge >= 0.3 is 5.97 Å². The molecular formula is C9H6BrO2. The van der Waals surface area contributed by atoms with Crippen LogP contribution in [0.15, 0.2) is 28.7 Å². The number of carboxylic acids is 1. The van der Waals surface area contributed by atoms with Gasteiger partial charge in [-0.15, -0.1) is 0 Å². The minimum Gasteiger partial charge on any atom is -0.478 e. The first-order valence-corrected chi connectivity index (χ1v) is 4.06. The summed E-state index contributed by atoms with van der Waals surface area (Å²) in [6.45, 7) is 0. The summed E-state index contributed by atoms with van der Waals surface area (Å²) in [5.74, 6) is -0.949. The normalized spacial score (nSPS) is 10.4. The number of hydrogen-bond donors (Lipinski definition) is 1. The number of aliphatic carboxylic acids is 1. The maximum Gasteiger partial charge on any atom is 0.328 e. The van der Waals surface area contributed by atoms with Gasteiger partial charge in [0.25, 0.3) is 0 Å². The second kappa shape index (κ2) is 4.07. The fourth-order valence-corrected chi connectivity index (χ4v) is 1.11. The van der Waals surface area contributed by atoms with Gasteiger partial charge in [-0.3, -0.25) is 0 Å². The molecule has 0 bridgehead atoms. The minimum absolute atomic E-state index is 0.830. The van der Waals surface area contributed by atoms with Crippen LogP contribution in [-0.2, 0) is 4.79 Å². The monoisotopic (exact) mass is 225 g/mol. The smallest absolute Gasteiger partial charge is 0.328 e. The highest BCUT2D eigenvalue weighted by Gasteiger charge is 1.93. The summed E-state index contributed by atoms with van der Waals surface area (Å²) in [5.41, 5.74) is 0.830. The van der Waals surface area contributed by atoms with Crippen molar-refractivity contribution in [3.8, 4) is 0 Å². The van der Waals surface area contributed by atoms with Crippen molar-refractivity contribution in [1.82, 2.24) is 0 Å². The summed E-state index contributed by atoms with van der Waals surface area (Å²) in [6, 6.07) is 8.11. The predicted molar refractivity (Wildman–Crippen MR) is 49.6 cm³/mol. The number of carbonyl (C=O) groups is 1. The van der Waals surface area contributed by atoms with E-state index < -0.39 is 5.97 Å². The van der Waals surface area contributed by atoms with E-state index in [9.17, 15) is 4.79 Å². The minimum atomic E-state index is -0.949. The molecule has 1 N–H and O–H groups in total. The second-order valence-corrected chi connectivity index (χ2v) is 2.97. The third-order valence-corrected chi connectivity index (χ3v) is 1.94. The van der Waals surface area contributed by atoms with Crippen LogP contribution in [0.25, 0.3) is 6.08 Å². The molecule has 1 aromatic rings. The van der Waals surface area contributed by atoms with Crippen LogP contribution in [0.3, 0.4) is 0 Å². The first-order chi connectivity index (χ1) is 5.70. The van der Waals surface area contributed by atoms with Crippen LogP contribution in [0.4, 0.5) is 0 Å². The summed E-state index contributed by atoms with van der Waals surface area (Å²) in [4.78, 5) is 10.2. The predicted octanol–water partition coefficient (Wildman–Crippen LogP) is 2.35. The van der Waals surface area contributed by atoms with E-state index in [-0.39, 0.29) is 0 Å². The molecule has 0 fully saturated rings. The van der Waals surface area contributed by atoms with Gasteiger partial charge in [0.15, 0.2) is 0 Å². The van der Waals surface area contributed by atoms with Crippen LogP contribution in [0.2, 0.25) is 0 Å². The summed E-state index contributed by atoms with van der Waals surface area (Å²) in [7, 11) is 0. The summed E-state index contributed by atoms with van der Waals surface area (Å²) >= 11 is 3.27. The summed E-state index contributed by atoms with van der Waals surface area (Å²) < 4.78 is 0.836. The van der Waals surface area contributed by atoms with E-state index in [2.05, 4.69) is 22.0 Å². The Balaban J connectivity index is 2.89. The lowest BCUT2D eigenvalue weighted by atomic mass is 10.2. The van der Waals surface area contributed by atoms with E-state index in [4.69, 9.17) is 5.11 Å². The van der Waals surface area contributed by atoms with Gasteiger partial charge in [0.1, 0.15) is 0 Å². The zero-order valence-corrected chi connectivity index (χ0v) is 7.71. The maximum absolute atomic E-state index is 10.2. The van der Waals surface area contributed by atoms with Gasteiger partial charge in [-0.05, 0) is 23.8 Å². The van der Waals surface area contributed by atoms with Crippen LogP contribution in [0, 0.1) is 6.07 Å². The number of hydrogen-bond acceptors (Lipinski definition) is 1. The van der Waals surface area contributed by atoms with E-state index in [1.54, 1.807) is 18.2 Å². The Labute approximate surface area is 78.7 Å². The molecule has 61 valence electrons. The molecule has 0 amide bonds. The van der Waals surface area contributed by atoms with Gasteiger partial charge < -0.3 is 5.11 Å². The van der Waals surface area contributed by atoms with Crippen molar-refractivity contribution >= 4 is 28.0 Å². The molecule has 0 heterocycles. The van der Waals surface area contributed by atoms with E-state index in [1.807, 2.05) is 0 Å². The molecule has 0 spiro atoms. The number of halogens is 1. The van der Waals surface area contributed by atoms with Crippen LogP contribution < -0.4 is 0 Å². The van der Waals surface area contributed by atoms with E-state index >= 15 is 0 Å². The zero-order valence-electron chi connectivity index (χ0n) is 6.12. The molecule has 0 saturated carbocycles. The molecule has 1 radical (unpaired) electrons. The summed E-state index contributed by atoms with van der Waals surface area (Å²) in [5, 5.41) is 8.36. The molecule has 0 saturated heterocycles. The lowest BCUT2D eigenvalue weighted by molar-refractivity contribution is -0.131. The molecule has 3 heteroatoms. The quantitative estimate of drug-likeness (QED) is 0.786. The highest BCUT2D eigenvalue weighted by Crippen LogP contribution is 2.16. The number of benzene rings is 1. The molecule has 0 aliphatic carbocycles. The first-order valence-electron chi connectivity index (χ1n) is 3.27. The van der Waals surface area contributed by atoms with Gasteiger partial charge in [-0.1, -0.05) is 28.1 Å². The highest BCUT2D eigenvalue weighted by atomic mass is 79.9. The summed E-state index contributed by atoms with van der Waals surface area (Å²) in [6.07, 6.45) is 2.63. The lowest BCUT2D eigenvalue weighted by Gasteiger charge is -1.94. The Morgan fingerprint density at radius 3 is 3.00 bits per heavy atom. The molecule has 0 aromatic heterocycles. The Kier molecular flexibility index (Phi) is 3.05. The van der Waals surface area contributed by atoms with Gasteiger partial charge in [-0.2, -0.15) is 0 Å². The molecule has 1 aromatic carbocycles. The Hall–Kier alpha value is -1.09. The average Bonchev–Trinajstić information content (AvgIpc) is 2.03. The second-order valence-electron chi connectivity index (χ2n) is 2.12. The van der Waals surface area contributed by atoms with Crippen LogP contribution in [0.5, 0.6) is 0 Å². The highest BCUT2D eigenvalue weighted by molar-refractivity contribution is 9.10. The lowest BCUT2D eigenvalue weighted by Crippen LogP contribution is -1.85. The molecule has 0 aliphatic rings. The van der Waals surface area contributed by atoms with Gasteiger partial charge in [0.2, 0.25) is 0 Å². The largest absolute Gasteiger partial charge is 0.478 e. The molecule has 2 nitrogen and oxygen atoms in total. The van der Waals surface area contributed by atoms with Crippen molar-refractivity contribution in [2.24, 2.45) is 0 Å². The van der Waals surface area contributed by atoms with Gasteiger partial charge in [-0.25, -0.2) is 4.79 Å². The topological polar surface area (TPSA) is 37.3 Å². The Morgan fingerprint density at radius 2 is 2.42 bits per heavy atom. The van der Waals surface area contributed by atoms with E-state index in [0.29, 0.717) is 0 Å². The van der Waals surface area contributed by atoms with E-state index in [0.717, 1.165) is 16.1 Å². The fraction of sp³-hybridized carbons (Fsp3) is 0. The fourth-order valence-electron chi connectivity index (χ4n) is 0.718. The molecule has 0 unspecified atom stereocenters. The van der Waals surface area contributed by atoms with Crippen LogP contribution >= 0.6 is 15.9 Å². The third-order valence-electron chi connectivity index (χ3n) is 1.25. The standard InChI is InChI=1S/C9H6BrO2/c10-8-4-2-1-3-7(8)5-6-9(11)12/h1,3-6H,(H,11,12)/b6-5+. The third kappa shape index (κ3) is 2.51. The van der Waals surface area contributed by atoms with Gasteiger partial charge in [0, 0.05) is 10.5 Å². The van der Waals surface area contributed by atoms with Crippen LogP contribution in [-0.4, -0.2) is 11.1 Å². The van der Waals surface area contributed by atoms with Gasteiger partial charge in [0.05, 0.1) is 0 Å². The molecular weight excluding hydrogens is 220 g/mol. The van der Waals surface area contributed by atoms with Crippen molar-refractivity contribution in [3.63, 3.8) is 0 Å².